The molecule has 4 heteroatoms. The third-order valence-electron chi connectivity index (χ3n) is 4.24. The quantitative estimate of drug-likeness (QED) is 0.780. The van der Waals surface area contributed by atoms with Crippen molar-refractivity contribution in [1.29, 1.82) is 0 Å². The highest BCUT2D eigenvalue weighted by Gasteiger charge is 2.10. The summed E-state index contributed by atoms with van der Waals surface area (Å²) < 4.78 is 15.5. The minimum Gasteiger partial charge on any atom is -0.378 e. The number of aromatic nitrogens is 2. The molecule has 0 unspecified atom stereocenters. The summed E-state index contributed by atoms with van der Waals surface area (Å²) in [7, 11) is 0. The van der Waals surface area contributed by atoms with Gasteiger partial charge in [0.1, 0.15) is 5.82 Å². The van der Waals surface area contributed by atoms with Gasteiger partial charge in [-0.1, -0.05) is 0 Å². The Bertz CT molecular complexity index is 826. The van der Waals surface area contributed by atoms with E-state index in [0.717, 1.165) is 39.4 Å². The average Bonchev–Trinajstić information content (AvgIpc) is 2.74. The molecule has 0 spiro atoms. The van der Waals surface area contributed by atoms with Gasteiger partial charge < -0.3 is 9.72 Å². The standard InChI is InChI=1S/C18H20FN3/c1-11-8-15(19)9-12(2)16(11)10-20-17-6-5-7-22-14(4)13(3)21-18(17)22/h5-9,20H,10H2,1-4H3. The number of pyridine rings is 1. The van der Waals surface area contributed by atoms with Crippen molar-refractivity contribution >= 4 is 11.3 Å². The van der Waals surface area contributed by atoms with Gasteiger partial charge in [0, 0.05) is 18.4 Å². The van der Waals surface area contributed by atoms with Crippen molar-refractivity contribution in [2.75, 3.05) is 5.32 Å². The van der Waals surface area contributed by atoms with Gasteiger partial charge in [0.25, 0.3) is 0 Å². The third-order valence-corrected chi connectivity index (χ3v) is 4.24. The van der Waals surface area contributed by atoms with Gasteiger partial charge in [-0.25, -0.2) is 9.37 Å². The van der Waals surface area contributed by atoms with Crippen LogP contribution in [0.4, 0.5) is 10.1 Å². The lowest BCUT2D eigenvalue weighted by Gasteiger charge is -2.13. The summed E-state index contributed by atoms with van der Waals surface area (Å²) in [6.45, 7) is 8.62. The molecule has 0 fully saturated rings. The Hall–Kier alpha value is -2.36. The van der Waals surface area contributed by atoms with Crippen LogP contribution in [0, 0.1) is 33.5 Å². The third kappa shape index (κ3) is 2.45. The molecule has 2 aromatic heterocycles. The number of benzene rings is 1. The highest BCUT2D eigenvalue weighted by Crippen LogP contribution is 2.22. The van der Waals surface area contributed by atoms with Gasteiger partial charge in [-0.15, -0.1) is 0 Å². The van der Waals surface area contributed by atoms with Crippen LogP contribution in [0.25, 0.3) is 5.65 Å². The summed E-state index contributed by atoms with van der Waals surface area (Å²) in [5.41, 5.74) is 7.15. The van der Waals surface area contributed by atoms with Crippen molar-refractivity contribution in [2.24, 2.45) is 0 Å². The molecule has 1 N–H and O–H groups in total. The first-order valence-electron chi connectivity index (χ1n) is 7.41. The molecule has 0 atom stereocenters. The molecular weight excluding hydrogens is 277 g/mol. The van der Waals surface area contributed by atoms with E-state index in [1.54, 1.807) is 12.1 Å². The molecule has 2 heterocycles. The van der Waals surface area contributed by atoms with Crippen LogP contribution >= 0.6 is 0 Å². The van der Waals surface area contributed by atoms with Crippen LogP contribution in [0.5, 0.6) is 0 Å². The first-order chi connectivity index (χ1) is 10.5. The van der Waals surface area contributed by atoms with Crippen molar-refractivity contribution in [3.63, 3.8) is 0 Å². The molecule has 114 valence electrons. The average molecular weight is 297 g/mol. The number of rotatable bonds is 3. The van der Waals surface area contributed by atoms with Gasteiger partial charge in [-0.2, -0.15) is 0 Å². The van der Waals surface area contributed by atoms with Crippen LogP contribution in [0.2, 0.25) is 0 Å². The van der Waals surface area contributed by atoms with Gasteiger partial charge in [0.05, 0.1) is 11.4 Å². The molecule has 0 saturated heterocycles. The lowest BCUT2D eigenvalue weighted by Crippen LogP contribution is -2.05. The fraction of sp³-hybridized carbons (Fsp3) is 0.278. The predicted molar refractivity (Wildman–Crippen MR) is 87.9 cm³/mol. The number of nitrogens with zero attached hydrogens (tertiary/aromatic N) is 2. The topological polar surface area (TPSA) is 29.3 Å². The van der Waals surface area contributed by atoms with E-state index in [1.165, 1.54) is 0 Å². The zero-order valence-electron chi connectivity index (χ0n) is 13.4. The van der Waals surface area contributed by atoms with E-state index in [1.807, 2.05) is 39.1 Å². The number of halogens is 1. The molecule has 0 bridgehead atoms. The van der Waals surface area contributed by atoms with E-state index < -0.39 is 0 Å². The van der Waals surface area contributed by atoms with Crippen molar-refractivity contribution in [1.82, 2.24) is 9.38 Å². The molecule has 1 aromatic carbocycles. The number of hydrogen-bond donors (Lipinski definition) is 1. The normalized spacial score (nSPS) is 11.1. The highest BCUT2D eigenvalue weighted by atomic mass is 19.1. The maximum atomic E-state index is 13.4. The molecule has 0 saturated carbocycles. The largest absolute Gasteiger partial charge is 0.378 e. The fourth-order valence-electron chi connectivity index (χ4n) is 2.84. The van der Waals surface area contributed by atoms with E-state index in [-0.39, 0.29) is 5.82 Å². The Balaban J connectivity index is 1.94. The molecule has 0 radical (unpaired) electrons. The van der Waals surface area contributed by atoms with E-state index in [4.69, 9.17) is 0 Å². The van der Waals surface area contributed by atoms with Crippen LogP contribution < -0.4 is 5.32 Å². The smallest absolute Gasteiger partial charge is 0.160 e. The zero-order chi connectivity index (χ0) is 15.9. The van der Waals surface area contributed by atoms with Gasteiger partial charge in [-0.05, 0) is 68.7 Å². The van der Waals surface area contributed by atoms with Crippen LogP contribution in [-0.4, -0.2) is 9.38 Å². The molecule has 0 aliphatic rings. The number of aryl methyl sites for hydroxylation is 4. The molecule has 0 aliphatic heterocycles. The van der Waals surface area contributed by atoms with Crippen LogP contribution in [0.1, 0.15) is 28.1 Å². The first kappa shape index (κ1) is 14.6. The van der Waals surface area contributed by atoms with Crippen molar-refractivity contribution in [3.8, 4) is 0 Å². The van der Waals surface area contributed by atoms with Gasteiger partial charge in [0.15, 0.2) is 5.65 Å². The Morgan fingerprint density at radius 3 is 2.50 bits per heavy atom. The molecule has 22 heavy (non-hydrogen) atoms. The Morgan fingerprint density at radius 2 is 1.82 bits per heavy atom. The molecular formula is C18H20FN3. The fourth-order valence-corrected chi connectivity index (χ4v) is 2.84. The number of imidazole rings is 1. The van der Waals surface area contributed by atoms with Crippen LogP contribution in [0.3, 0.4) is 0 Å². The van der Waals surface area contributed by atoms with Gasteiger partial charge >= 0.3 is 0 Å². The maximum Gasteiger partial charge on any atom is 0.160 e. The summed E-state index contributed by atoms with van der Waals surface area (Å²) in [4.78, 5) is 4.62. The lowest BCUT2D eigenvalue weighted by atomic mass is 10.0. The number of hydrogen-bond acceptors (Lipinski definition) is 2. The van der Waals surface area contributed by atoms with E-state index in [0.29, 0.717) is 6.54 Å². The number of nitrogens with one attached hydrogen (secondary N) is 1. The van der Waals surface area contributed by atoms with E-state index in [2.05, 4.69) is 21.6 Å². The van der Waals surface area contributed by atoms with Crippen molar-refractivity contribution in [2.45, 2.75) is 34.2 Å². The van der Waals surface area contributed by atoms with Crippen molar-refractivity contribution < 1.29 is 4.39 Å². The Morgan fingerprint density at radius 1 is 1.14 bits per heavy atom. The summed E-state index contributed by atoms with van der Waals surface area (Å²) in [5.74, 6) is -0.180. The minimum atomic E-state index is -0.180. The second-order valence-corrected chi connectivity index (χ2v) is 5.77. The molecule has 0 amide bonds. The zero-order valence-corrected chi connectivity index (χ0v) is 13.4. The van der Waals surface area contributed by atoms with Crippen molar-refractivity contribution in [3.05, 3.63) is 64.4 Å². The summed E-state index contributed by atoms with van der Waals surface area (Å²) in [5, 5.41) is 3.44. The Labute approximate surface area is 129 Å². The van der Waals surface area contributed by atoms with E-state index >= 15 is 0 Å². The molecule has 3 aromatic rings. The molecule has 3 nitrogen and oxygen atoms in total. The van der Waals surface area contributed by atoms with Gasteiger partial charge in [-0.3, -0.25) is 0 Å². The Kier molecular flexibility index (Phi) is 3.61. The lowest BCUT2D eigenvalue weighted by molar-refractivity contribution is 0.624. The van der Waals surface area contributed by atoms with Gasteiger partial charge in [0.2, 0.25) is 0 Å². The second kappa shape index (κ2) is 5.44. The second-order valence-electron chi connectivity index (χ2n) is 5.77. The highest BCUT2D eigenvalue weighted by molar-refractivity contribution is 5.68. The SMILES string of the molecule is Cc1cc(F)cc(C)c1CNc1cccn2c(C)c(C)nc12. The monoisotopic (exact) mass is 297 g/mol. The number of anilines is 1. The minimum absolute atomic E-state index is 0.180. The summed E-state index contributed by atoms with van der Waals surface area (Å²) >= 11 is 0. The van der Waals surface area contributed by atoms with Crippen LogP contribution in [-0.2, 0) is 6.54 Å². The summed E-state index contributed by atoms with van der Waals surface area (Å²) in [6.07, 6.45) is 2.02. The molecule has 0 aliphatic carbocycles. The predicted octanol–water partition coefficient (Wildman–Crippen LogP) is 4.32. The summed E-state index contributed by atoms with van der Waals surface area (Å²) in [6, 6.07) is 7.19. The number of fused-ring (bicyclic) bond motifs is 1. The van der Waals surface area contributed by atoms with Crippen LogP contribution in [0.15, 0.2) is 30.5 Å². The maximum absolute atomic E-state index is 13.4. The molecule has 3 rings (SSSR count). The first-order valence-corrected chi connectivity index (χ1v) is 7.41. The van der Waals surface area contributed by atoms with E-state index in [9.17, 15) is 4.39 Å².